The number of pyridine rings is 1. The smallest absolute Gasteiger partial charge is 0.239 e. The van der Waals surface area contributed by atoms with Gasteiger partial charge >= 0.3 is 0 Å². The largest absolute Gasteiger partial charge is 0.352 e. The summed E-state index contributed by atoms with van der Waals surface area (Å²) in [5.41, 5.74) is 6.49. The number of carbonyl (C=O) groups excluding carboxylic acids is 1. The molecular weight excluding hydrogens is 216 g/mol. The first-order chi connectivity index (χ1) is 8.19. The molecule has 1 aromatic heterocycles. The summed E-state index contributed by atoms with van der Waals surface area (Å²) in [6.45, 7) is 0.824. The van der Waals surface area contributed by atoms with Gasteiger partial charge in [-0.15, -0.1) is 0 Å². The van der Waals surface area contributed by atoms with E-state index in [-0.39, 0.29) is 5.91 Å². The maximum atomic E-state index is 11.6. The Morgan fingerprint density at radius 3 is 2.88 bits per heavy atom. The fourth-order valence-electron chi connectivity index (χ4n) is 1.56. The number of aromatic nitrogens is 1. The van der Waals surface area contributed by atoms with Crippen LogP contribution in [0.1, 0.15) is 18.4 Å². The molecule has 2 rings (SSSR count). The number of nitrogens with zero attached hydrogens (tertiary/aromatic N) is 2. The number of anilines is 1. The molecule has 0 radical (unpaired) electrons. The molecule has 3 N–H and O–H groups in total. The summed E-state index contributed by atoms with van der Waals surface area (Å²) in [7, 11) is 1.86. The van der Waals surface area contributed by atoms with E-state index in [4.69, 9.17) is 5.73 Å². The van der Waals surface area contributed by atoms with E-state index in [9.17, 15) is 4.79 Å². The van der Waals surface area contributed by atoms with Crippen molar-refractivity contribution in [2.45, 2.75) is 25.4 Å². The highest BCUT2D eigenvalue weighted by Gasteiger charge is 2.23. The van der Waals surface area contributed by atoms with Crippen LogP contribution in [0, 0.1) is 0 Å². The molecule has 1 aromatic rings. The number of amides is 1. The normalized spacial score (nSPS) is 14.5. The van der Waals surface area contributed by atoms with Crippen LogP contribution in [0.3, 0.4) is 0 Å². The van der Waals surface area contributed by atoms with Crippen molar-refractivity contribution in [1.82, 2.24) is 10.3 Å². The number of nitrogens with one attached hydrogen (secondary N) is 1. The first kappa shape index (κ1) is 11.9. The Bertz CT molecular complexity index is 386. The molecule has 1 fully saturated rings. The van der Waals surface area contributed by atoms with E-state index in [0.29, 0.717) is 19.1 Å². The van der Waals surface area contributed by atoms with Crippen molar-refractivity contribution < 1.29 is 4.79 Å². The van der Waals surface area contributed by atoms with Crippen molar-refractivity contribution in [3.8, 4) is 0 Å². The molecule has 0 saturated heterocycles. The van der Waals surface area contributed by atoms with Crippen molar-refractivity contribution in [1.29, 1.82) is 0 Å². The van der Waals surface area contributed by atoms with Crippen molar-refractivity contribution in [3.63, 3.8) is 0 Å². The van der Waals surface area contributed by atoms with Crippen LogP contribution in [0.2, 0.25) is 0 Å². The first-order valence-corrected chi connectivity index (χ1v) is 5.84. The summed E-state index contributed by atoms with van der Waals surface area (Å²) < 4.78 is 0. The number of rotatable bonds is 5. The van der Waals surface area contributed by atoms with E-state index >= 15 is 0 Å². The van der Waals surface area contributed by atoms with Gasteiger partial charge < -0.3 is 16.0 Å². The van der Waals surface area contributed by atoms with Crippen LogP contribution < -0.4 is 16.0 Å². The lowest BCUT2D eigenvalue weighted by Crippen LogP contribution is -2.36. The zero-order chi connectivity index (χ0) is 12.3. The van der Waals surface area contributed by atoms with Gasteiger partial charge in [0, 0.05) is 25.8 Å². The summed E-state index contributed by atoms with van der Waals surface area (Å²) in [5.74, 6) is 0.841. The van der Waals surface area contributed by atoms with Crippen molar-refractivity contribution in [2.75, 3.05) is 18.5 Å². The van der Waals surface area contributed by atoms with Gasteiger partial charge in [0.2, 0.25) is 5.91 Å². The summed E-state index contributed by atoms with van der Waals surface area (Å²) in [6.07, 6.45) is 3.96. The number of hydrogen-bond donors (Lipinski definition) is 2. The molecule has 0 atom stereocenters. The maximum Gasteiger partial charge on any atom is 0.239 e. The van der Waals surface area contributed by atoms with Crippen molar-refractivity contribution in [2.24, 2.45) is 5.73 Å². The molecule has 1 saturated carbocycles. The van der Waals surface area contributed by atoms with Crippen LogP contribution in [0.5, 0.6) is 0 Å². The summed E-state index contributed by atoms with van der Waals surface area (Å²) in [4.78, 5) is 17.7. The average Bonchev–Trinajstić information content (AvgIpc) is 3.12. The Kier molecular flexibility index (Phi) is 3.58. The Hall–Kier alpha value is -1.62. The molecule has 5 nitrogen and oxygen atoms in total. The number of nitrogens with two attached hydrogens (primary N) is 1. The topological polar surface area (TPSA) is 71.2 Å². The molecule has 92 valence electrons. The Morgan fingerprint density at radius 1 is 1.59 bits per heavy atom. The van der Waals surface area contributed by atoms with Gasteiger partial charge in [0.15, 0.2) is 0 Å². The molecule has 1 heterocycles. The van der Waals surface area contributed by atoms with E-state index in [1.807, 2.05) is 24.1 Å². The predicted molar refractivity (Wildman–Crippen MR) is 66.6 cm³/mol. The third-order valence-corrected chi connectivity index (χ3v) is 2.76. The molecular formula is C12H18N4O. The Labute approximate surface area is 101 Å². The van der Waals surface area contributed by atoms with E-state index < -0.39 is 0 Å². The van der Waals surface area contributed by atoms with Gasteiger partial charge in [-0.05, 0) is 24.5 Å². The van der Waals surface area contributed by atoms with Gasteiger partial charge in [0.05, 0.1) is 6.54 Å². The molecule has 0 aliphatic heterocycles. The highest BCUT2D eigenvalue weighted by Crippen LogP contribution is 2.18. The minimum Gasteiger partial charge on any atom is -0.352 e. The van der Waals surface area contributed by atoms with Crippen LogP contribution in [-0.2, 0) is 11.3 Å². The average molecular weight is 234 g/mol. The lowest BCUT2D eigenvalue weighted by Gasteiger charge is -2.17. The second-order valence-electron chi connectivity index (χ2n) is 4.43. The lowest BCUT2D eigenvalue weighted by molar-refractivity contribution is -0.119. The number of likely N-dealkylation sites (N-methyl/N-ethyl adjacent to an activating group) is 1. The van der Waals surface area contributed by atoms with Crippen LogP contribution in [-0.4, -0.2) is 30.5 Å². The second kappa shape index (κ2) is 5.14. The molecule has 17 heavy (non-hydrogen) atoms. The van der Waals surface area contributed by atoms with E-state index in [2.05, 4.69) is 10.3 Å². The summed E-state index contributed by atoms with van der Waals surface area (Å²) >= 11 is 0. The van der Waals surface area contributed by atoms with Gasteiger partial charge in [-0.2, -0.15) is 0 Å². The highest BCUT2D eigenvalue weighted by molar-refractivity contribution is 5.81. The Morgan fingerprint density at radius 2 is 2.35 bits per heavy atom. The summed E-state index contributed by atoms with van der Waals surface area (Å²) in [5, 5.41) is 2.95. The molecule has 5 heteroatoms. The molecule has 1 amide bonds. The molecule has 0 bridgehead atoms. The fraction of sp³-hybridized carbons (Fsp3) is 0.500. The zero-order valence-corrected chi connectivity index (χ0v) is 10.0. The quantitative estimate of drug-likeness (QED) is 0.766. The third kappa shape index (κ3) is 3.42. The molecule has 0 aromatic carbocycles. The van der Waals surface area contributed by atoms with E-state index in [1.165, 1.54) is 0 Å². The minimum atomic E-state index is 0.0553. The maximum absolute atomic E-state index is 11.6. The number of hydrogen-bond acceptors (Lipinski definition) is 4. The van der Waals surface area contributed by atoms with Gasteiger partial charge in [0.25, 0.3) is 0 Å². The highest BCUT2D eigenvalue weighted by atomic mass is 16.2. The van der Waals surface area contributed by atoms with Crippen LogP contribution in [0.25, 0.3) is 0 Å². The van der Waals surface area contributed by atoms with Gasteiger partial charge in [-0.25, -0.2) is 4.98 Å². The van der Waals surface area contributed by atoms with E-state index in [0.717, 1.165) is 24.2 Å². The standard InChI is InChI=1S/C12H18N4O/c1-16(8-12(17)15-10-3-4-10)11-5-2-9(6-13)7-14-11/h2,5,7,10H,3-4,6,8,13H2,1H3,(H,15,17). The van der Waals surface area contributed by atoms with Crippen LogP contribution in [0.4, 0.5) is 5.82 Å². The third-order valence-electron chi connectivity index (χ3n) is 2.76. The van der Waals surface area contributed by atoms with Crippen molar-refractivity contribution >= 4 is 11.7 Å². The fourth-order valence-corrected chi connectivity index (χ4v) is 1.56. The number of carbonyl (C=O) groups is 1. The SMILES string of the molecule is CN(CC(=O)NC1CC1)c1ccc(CN)cn1. The lowest BCUT2D eigenvalue weighted by atomic mass is 10.3. The van der Waals surface area contributed by atoms with Gasteiger partial charge in [0.1, 0.15) is 5.82 Å². The first-order valence-electron chi connectivity index (χ1n) is 5.84. The van der Waals surface area contributed by atoms with Crippen LogP contribution in [0.15, 0.2) is 18.3 Å². The summed E-state index contributed by atoms with van der Waals surface area (Å²) in [6, 6.07) is 4.22. The van der Waals surface area contributed by atoms with Gasteiger partial charge in [-0.3, -0.25) is 4.79 Å². The molecule has 1 aliphatic rings. The van der Waals surface area contributed by atoms with Gasteiger partial charge in [-0.1, -0.05) is 6.07 Å². The molecule has 1 aliphatic carbocycles. The Balaban J connectivity index is 1.88. The monoisotopic (exact) mass is 234 g/mol. The zero-order valence-electron chi connectivity index (χ0n) is 10.0. The molecule has 0 unspecified atom stereocenters. The molecule has 0 spiro atoms. The van der Waals surface area contributed by atoms with Crippen LogP contribution >= 0.6 is 0 Å². The minimum absolute atomic E-state index is 0.0553. The van der Waals surface area contributed by atoms with Crippen molar-refractivity contribution in [3.05, 3.63) is 23.9 Å². The second-order valence-corrected chi connectivity index (χ2v) is 4.43. The van der Waals surface area contributed by atoms with E-state index in [1.54, 1.807) is 6.20 Å². The predicted octanol–water partition coefficient (Wildman–Crippen LogP) is 0.255.